The number of anilines is 1. The van der Waals surface area contributed by atoms with Crippen LogP contribution < -0.4 is 9.64 Å². The van der Waals surface area contributed by atoms with Crippen molar-refractivity contribution in [1.29, 1.82) is 0 Å². The third-order valence-corrected chi connectivity index (χ3v) is 11.5. The lowest BCUT2D eigenvalue weighted by atomic mass is 9.65. The summed E-state index contributed by atoms with van der Waals surface area (Å²) in [5.41, 5.74) is 7.05. The summed E-state index contributed by atoms with van der Waals surface area (Å²) >= 11 is 6.30. The summed E-state index contributed by atoms with van der Waals surface area (Å²) in [7, 11) is 1.39. The van der Waals surface area contributed by atoms with E-state index >= 15 is 0 Å². The van der Waals surface area contributed by atoms with Gasteiger partial charge in [-0.1, -0.05) is 29.3 Å². The molecule has 49 heavy (non-hydrogen) atoms. The number of carbonyl (C=O) groups is 1. The molecule has 0 atom stereocenters. The number of aromatic nitrogens is 2. The molecule has 8 rings (SSSR count). The van der Waals surface area contributed by atoms with Gasteiger partial charge >= 0.3 is 5.97 Å². The minimum Gasteiger partial charge on any atom is -0.465 e. The largest absolute Gasteiger partial charge is 0.465 e. The maximum atomic E-state index is 12.7. The van der Waals surface area contributed by atoms with Gasteiger partial charge in [0.1, 0.15) is 22.7 Å². The van der Waals surface area contributed by atoms with Crippen molar-refractivity contribution in [1.82, 2.24) is 19.8 Å². The predicted molar refractivity (Wildman–Crippen MR) is 193 cm³/mol. The number of carbonyl (C=O) groups excluding carboxylic acids is 1. The summed E-state index contributed by atoms with van der Waals surface area (Å²) in [4.78, 5) is 27.9. The maximum absolute atomic E-state index is 12.7. The average Bonchev–Trinajstić information content (AvgIpc) is 3.57. The topological polar surface area (TPSA) is 83.2 Å². The van der Waals surface area contributed by atoms with E-state index in [2.05, 4.69) is 36.8 Å². The number of ether oxygens (including phenoxy) is 3. The van der Waals surface area contributed by atoms with Crippen LogP contribution in [0.3, 0.4) is 0 Å². The van der Waals surface area contributed by atoms with E-state index in [1.54, 1.807) is 17.8 Å². The first-order valence-electron chi connectivity index (χ1n) is 17.5. The number of esters is 1. The number of nitrogens with one attached hydrogen (secondary N) is 1. The standard InChI is InChI=1S/C39H44ClN5O4/c1-47-38(46)35-7-6-31(21-36(35)49-33-20-28-9-13-41-37(28)42-23-33)45-18-16-43(17-19-45)24-29-22-39(11-14-44(15-12-39)32-25-48-26-32)10-8-34(29)27-2-4-30(40)5-3-27/h2-7,9,13,20-21,23,32H,8,10-12,14-19,22,24-26H2,1H3,(H,41,42). The molecule has 1 aliphatic carbocycles. The zero-order valence-corrected chi connectivity index (χ0v) is 28.9. The van der Waals surface area contributed by atoms with Crippen molar-refractivity contribution in [3.05, 3.63) is 88.7 Å². The number of piperidine rings is 1. The average molecular weight is 682 g/mol. The molecule has 1 spiro atoms. The molecule has 9 nitrogen and oxygen atoms in total. The zero-order chi connectivity index (χ0) is 33.4. The summed E-state index contributed by atoms with van der Waals surface area (Å²) < 4.78 is 16.8. The second-order valence-corrected chi connectivity index (χ2v) is 14.6. The van der Waals surface area contributed by atoms with Crippen LogP contribution in [0.2, 0.25) is 5.02 Å². The molecule has 4 aromatic rings. The lowest BCUT2D eigenvalue weighted by Gasteiger charge is -2.49. The number of likely N-dealkylation sites (tertiary alicyclic amines) is 1. The number of halogens is 1. The highest BCUT2D eigenvalue weighted by molar-refractivity contribution is 6.30. The molecule has 1 N–H and O–H groups in total. The first-order chi connectivity index (χ1) is 23.9. The molecular formula is C39H44ClN5O4. The lowest BCUT2D eigenvalue weighted by molar-refractivity contribution is -0.0825. The van der Waals surface area contributed by atoms with Crippen LogP contribution in [0.1, 0.15) is 48.0 Å². The Morgan fingerprint density at radius 2 is 1.80 bits per heavy atom. The Morgan fingerprint density at radius 1 is 1.00 bits per heavy atom. The molecule has 10 heteroatoms. The van der Waals surface area contributed by atoms with Crippen molar-refractivity contribution < 1.29 is 19.0 Å². The smallest absolute Gasteiger partial charge is 0.341 e. The van der Waals surface area contributed by atoms with E-state index in [9.17, 15) is 4.79 Å². The number of methoxy groups -OCH3 is 1. The number of H-pyrrole nitrogens is 1. The van der Waals surface area contributed by atoms with Crippen LogP contribution in [-0.2, 0) is 9.47 Å². The Balaban J connectivity index is 0.974. The fourth-order valence-corrected chi connectivity index (χ4v) is 8.32. The molecule has 0 bridgehead atoms. The van der Waals surface area contributed by atoms with E-state index in [1.165, 1.54) is 57.0 Å². The Labute approximate surface area is 292 Å². The number of fused-ring (bicyclic) bond motifs is 1. The second-order valence-electron chi connectivity index (χ2n) is 14.1. The Bertz CT molecular complexity index is 1840. The number of hydrogen-bond acceptors (Lipinski definition) is 8. The fourth-order valence-electron chi connectivity index (χ4n) is 8.20. The quantitative estimate of drug-likeness (QED) is 0.199. The summed E-state index contributed by atoms with van der Waals surface area (Å²) in [6.45, 7) is 8.88. The number of benzene rings is 2. The molecule has 0 unspecified atom stereocenters. The van der Waals surface area contributed by atoms with E-state index in [-0.39, 0.29) is 0 Å². The van der Waals surface area contributed by atoms with E-state index in [0.717, 1.165) is 74.1 Å². The third kappa shape index (κ3) is 6.82. The Morgan fingerprint density at radius 3 is 2.53 bits per heavy atom. The molecule has 3 saturated heterocycles. The van der Waals surface area contributed by atoms with Gasteiger partial charge in [0.05, 0.1) is 32.6 Å². The minimum atomic E-state index is -0.431. The van der Waals surface area contributed by atoms with Gasteiger partial charge in [0, 0.05) is 61.1 Å². The molecule has 2 aromatic carbocycles. The van der Waals surface area contributed by atoms with Crippen molar-refractivity contribution in [3.8, 4) is 11.5 Å². The van der Waals surface area contributed by atoms with Crippen molar-refractivity contribution in [2.75, 3.05) is 71.0 Å². The van der Waals surface area contributed by atoms with Gasteiger partial charge in [-0.25, -0.2) is 9.78 Å². The predicted octanol–water partition coefficient (Wildman–Crippen LogP) is 7.04. The molecule has 5 heterocycles. The van der Waals surface area contributed by atoms with Gasteiger partial charge in [0.25, 0.3) is 0 Å². The Kier molecular flexibility index (Phi) is 9.09. The van der Waals surface area contributed by atoms with E-state index < -0.39 is 5.97 Å². The highest BCUT2D eigenvalue weighted by Crippen LogP contribution is 2.49. The van der Waals surface area contributed by atoms with Crippen LogP contribution in [0, 0.1) is 5.41 Å². The number of aromatic amines is 1. The first kappa shape index (κ1) is 32.3. The maximum Gasteiger partial charge on any atom is 0.341 e. The molecule has 4 aliphatic rings. The fraction of sp³-hybridized carbons (Fsp3) is 0.436. The summed E-state index contributed by atoms with van der Waals surface area (Å²) in [6.07, 6.45) is 9.63. The van der Waals surface area contributed by atoms with Gasteiger partial charge in [-0.3, -0.25) is 9.80 Å². The molecular weight excluding hydrogens is 638 g/mol. The number of piperazine rings is 1. The SMILES string of the molecule is COC(=O)c1ccc(N2CCN(CC3=C(c4ccc(Cl)cc4)CCC4(CCN(C5COC5)CC4)C3)CC2)cc1Oc1cnc2[nH]ccc2c1. The number of hydrogen-bond donors (Lipinski definition) is 1. The van der Waals surface area contributed by atoms with Crippen LogP contribution >= 0.6 is 11.6 Å². The summed E-state index contributed by atoms with van der Waals surface area (Å²) in [6, 6.07) is 18.7. The second kappa shape index (κ2) is 13.8. The van der Waals surface area contributed by atoms with Crippen LogP contribution in [0.5, 0.6) is 11.5 Å². The van der Waals surface area contributed by atoms with Gasteiger partial charge in [-0.15, -0.1) is 0 Å². The number of allylic oxidation sites excluding steroid dienone is 1. The zero-order valence-electron chi connectivity index (χ0n) is 28.1. The van der Waals surface area contributed by atoms with Crippen LogP contribution in [-0.4, -0.2) is 97.9 Å². The van der Waals surface area contributed by atoms with E-state index in [4.69, 9.17) is 25.8 Å². The van der Waals surface area contributed by atoms with Gasteiger partial charge < -0.3 is 24.1 Å². The van der Waals surface area contributed by atoms with E-state index in [1.807, 2.05) is 42.6 Å². The molecule has 2 aromatic heterocycles. The van der Waals surface area contributed by atoms with Gasteiger partial charge in [-0.05, 0) is 98.1 Å². The lowest BCUT2D eigenvalue weighted by Crippen LogP contribution is -2.54. The van der Waals surface area contributed by atoms with E-state index in [0.29, 0.717) is 28.5 Å². The van der Waals surface area contributed by atoms with Gasteiger partial charge in [0.2, 0.25) is 0 Å². The normalized spacial score (nSPS) is 20.5. The minimum absolute atomic E-state index is 0.388. The van der Waals surface area contributed by atoms with Crippen LogP contribution in [0.4, 0.5) is 5.69 Å². The van der Waals surface area contributed by atoms with Crippen molar-refractivity contribution in [3.63, 3.8) is 0 Å². The molecule has 0 saturated carbocycles. The number of rotatable bonds is 8. The summed E-state index contributed by atoms with van der Waals surface area (Å²) in [5.74, 6) is 0.599. The van der Waals surface area contributed by atoms with Crippen LogP contribution in [0.15, 0.2) is 72.6 Å². The van der Waals surface area contributed by atoms with Crippen molar-refractivity contribution in [2.24, 2.45) is 5.41 Å². The van der Waals surface area contributed by atoms with Gasteiger partial charge in [-0.2, -0.15) is 0 Å². The molecule has 0 amide bonds. The van der Waals surface area contributed by atoms with Crippen LogP contribution in [0.25, 0.3) is 16.6 Å². The monoisotopic (exact) mass is 681 g/mol. The Hall–Kier alpha value is -3.89. The third-order valence-electron chi connectivity index (χ3n) is 11.2. The van der Waals surface area contributed by atoms with Crippen molar-refractivity contribution >= 4 is 39.9 Å². The highest BCUT2D eigenvalue weighted by Gasteiger charge is 2.41. The molecule has 256 valence electrons. The molecule has 3 fully saturated rings. The first-order valence-corrected chi connectivity index (χ1v) is 17.9. The van der Waals surface area contributed by atoms with Gasteiger partial charge in [0.15, 0.2) is 0 Å². The van der Waals surface area contributed by atoms with Crippen molar-refractivity contribution in [2.45, 2.75) is 38.1 Å². The molecule has 3 aliphatic heterocycles. The molecule has 0 radical (unpaired) electrons. The number of pyridine rings is 1. The summed E-state index contributed by atoms with van der Waals surface area (Å²) in [5, 5.41) is 1.73. The highest BCUT2D eigenvalue weighted by atomic mass is 35.5. The number of nitrogens with zero attached hydrogens (tertiary/aromatic N) is 4.